The van der Waals surface area contributed by atoms with Crippen LogP contribution < -0.4 is 16.0 Å². The number of hydrogen-bond acceptors (Lipinski definition) is 3. The van der Waals surface area contributed by atoms with Gasteiger partial charge in [0.15, 0.2) is 0 Å². The molecule has 3 N–H and O–H groups in total. The van der Waals surface area contributed by atoms with Crippen LogP contribution in [0.3, 0.4) is 0 Å². The van der Waals surface area contributed by atoms with Gasteiger partial charge in [0.1, 0.15) is 6.04 Å². The Kier molecular flexibility index (Phi) is 13.2. The lowest BCUT2D eigenvalue weighted by atomic mass is 9.76. The minimum absolute atomic E-state index is 0.00136. The molecule has 0 fully saturated rings. The van der Waals surface area contributed by atoms with Crippen molar-refractivity contribution in [3.05, 3.63) is 35.9 Å². The highest BCUT2D eigenvalue weighted by Gasteiger charge is 2.27. The second-order valence-electron chi connectivity index (χ2n) is 15.3. The molecule has 0 bridgehead atoms. The summed E-state index contributed by atoms with van der Waals surface area (Å²) in [7, 11) is 0. The van der Waals surface area contributed by atoms with Crippen LogP contribution in [0.4, 0.5) is 0 Å². The van der Waals surface area contributed by atoms with Gasteiger partial charge in [0.2, 0.25) is 17.7 Å². The summed E-state index contributed by atoms with van der Waals surface area (Å²) in [4.78, 5) is 37.9. The Morgan fingerprint density at radius 3 is 1.59 bits per heavy atom. The quantitative estimate of drug-likeness (QED) is 0.238. The van der Waals surface area contributed by atoms with E-state index in [4.69, 9.17) is 0 Å². The lowest BCUT2D eigenvalue weighted by Gasteiger charge is -2.32. The van der Waals surface area contributed by atoms with Gasteiger partial charge in [-0.3, -0.25) is 14.4 Å². The molecule has 1 atom stereocenters. The van der Waals surface area contributed by atoms with Crippen LogP contribution in [0.5, 0.6) is 0 Å². The summed E-state index contributed by atoms with van der Waals surface area (Å²) in [6, 6.07) is 9.21. The van der Waals surface area contributed by atoms with Crippen LogP contribution in [-0.4, -0.2) is 36.9 Å². The first-order chi connectivity index (χ1) is 17.8. The fourth-order valence-electron chi connectivity index (χ4n) is 4.44. The summed E-state index contributed by atoms with van der Waals surface area (Å²) in [5.74, 6) is -0.117. The second kappa shape index (κ2) is 14.9. The summed E-state index contributed by atoms with van der Waals surface area (Å²) in [5.41, 5.74) is 1.05. The number of hydrogen-bond donors (Lipinski definition) is 3. The maximum absolute atomic E-state index is 13.2. The van der Waals surface area contributed by atoms with Crippen molar-refractivity contribution in [3.63, 3.8) is 0 Å². The molecular formula is C33H57N3O3. The van der Waals surface area contributed by atoms with Gasteiger partial charge in [-0.1, -0.05) is 99.6 Å². The highest BCUT2D eigenvalue weighted by Crippen LogP contribution is 2.35. The molecule has 1 aromatic rings. The van der Waals surface area contributed by atoms with Crippen molar-refractivity contribution in [2.75, 3.05) is 13.1 Å². The van der Waals surface area contributed by atoms with Gasteiger partial charge < -0.3 is 16.0 Å². The predicted octanol–water partition coefficient (Wildman–Crippen LogP) is 6.43. The third-order valence-corrected chi connectivity index (χ3v) is 7.02. The molecule has 39 heavy (non-hydrogen) atoms. The van der Waals surface area contributed by atoms with Crippen molar-refractivity contribution < 1.29 is 14.4 Å². The third kappa shape index (κ3) is 17.0. The number of carbonyl (C=O) groups excluding carboxylic acids is 3. The molecule has 3 amide bonds. The fraction of sp³-hybridized carbons (Fsp3) is 0.727. The van der Waals surface area contributed by atoms with E-state index in [9.17, 15) is 14.4 Å². The zero-order valence-corrected chi connectivity index (χ0v) is 26.6. The molecule has 0 unspecified atom stereocenters. The Morgan fingerprint density at radius 1 is 0.641 bits per heavy atom. The van der Waals surface area contributed by atoms with Gasteiger partial charge in [0.25, 0.3) is 0 Å². The van der Waals surface area contributed by atoms with E-state index >= 15 is 0 Å². The zero-order valence-electron chi connectivity index (χ0n) is 26.6. The molecule has 0 saturated heterocycles. The number of benzene rings is 1. The van der Waals surface area contributed by atoms with Crippen LogP contribution in [0.15, 0.2) is 30.3 Å². The topological polar surface area (TPSA) is 87.3 Å². The van der Waals surface area contributed by atoms with Crippen LogP contribution >= 0.6 is 0 Å². The maximum atomic E-state index is 13.2. The second-order valence-corrected chi connectivity index (χ2v) is 15.3. The molecule has 0 aromatic heterocycles. The maximum Gasteiger partial charge on any atom is 0.242 e. The van der Waals surface area contributed by atoms with E-state index in [1.165, 1.54) is 0 Å². The predicted molar refractivity (Wildman–Crippen MR) is 162 cm³/mol. The van der Waals surface area contributed by atoms with Crippen LogP contribution in [0.1, 0.15) is 113 Å². The Bertz CT molecular complexity index is 908. The number of carbonyl (C=O) groups is 3. The monoisotopic (exact) mass is 543 g/mol. The fourth-order valence-corrected chi connectivity index (χ4v) is 4.44. The molecule has 0 radical (unpaired) electrons. The lowest BCUT2D eigenvalue weighted by molar-refractivity contribution is -0.130. The molecule has 1 rings (SSSR count). The average molecular weight is 544 g/mol. The van der Waals surface area contributed by atoms with Crippen molar-refractivity contribution in [2.24, 2.45) is 21.7 Å². The lowest BCUT2D eigenvalue weighted by Crippen LogP contribution is -2.49. The van der Waals surface area contributed by atoms with E-state index in [1.807, 2.05) is 51.1 Å². The van der Waals surface area contributed by atoms with Crippen LogP contribution in [-0.2, 0) is 20.8 Å². The Hall–Kier alpha value is -2.37. The normalized spacial score (nSPS) is 13.5. The van der Waals surface area contributed by atoms with E-state index in [1.54, 1.807) is 0 Å². The summed E-state index contributed by atoms with van der Waals surface area (Å²) in [6.07, 6.45) is 5.24. The van der Waals surface area contributed by atoms with E-state index < -0.39 is 6.04 Å². The van der Waals surface area contributed by atoms with Gasteiger partial charge in [-0.25, -0.2) is 0 Å². The molecule has 0 aliphatic carbocycles. The highest BCUT2D eigenvalue weighted by molar-refractivity contribution is 5.88. The zero-order chi connectivity index (χ0) is 29.9. The van der Waals surface area contributed by atoms with Gasteiger partial charge in [0.05, 0.1) is 0 Å². The molecule has 0 spiro atoms. The van der Waals surface area contributed by atoms with E-state index in [2.05, 4.69) is 64.4 Å². The van der Waals surface area contributed by atoms with Gasteiger partial charge in [-0.2, -0.15) is 0 Å². The molecule has 222 valence electrons. The van der Waals surface area contributed by atoms with Crippen molar-refractivity contribution in [3.8, 4) is 0 Å². The minimum Gasteiger partial charge on any atom is -0.356 e. The van der Waals surface area contributed by atoms with Crippen LogP contribution in [0.2, 0.25) is 0 Å². The number of rotatable bonds is 15. The summed E-state index contributed by atoms with van der Waals surface area (Å²) >= 11 is 0. The van der Waals surface area contributed by atoms with E-state index in [-0.39, 0.29) is 39.4 Å². The minimum atomic E-state index is -0.599. The smallest absolute Gasteiger partial charge is 0.242 e. The SMILES string of the molecule is CC(C)(C)CC(=O)NCCC(C)(C)CCC(C)(C)CCNC(=O)[C@H](Cc1ccccc1)NC(=O)CC(C)(C)C. The molecule has 1 aromatic carbocycles. The first-order valence-corrected chi connectivity index (χ1v) is 14.6. The standard InChI is InChI=1S/C33H57N3O3/c1-30(2,3)23-27(37)34-20-18-32(7,8)16-17-33(9,10)19-21-35-29(39)26(22-25-14-12-11-13-15-25)36-28(38)24-31(4,5)6/h11-15,26H,16-24H2,1-10H3,(H,34,37)(H,35,39)(H,36,38)/t26-/m0/s1. The van der Waals surface area contributed by atoms with Crippen molar-refractivity contribution in [1.82, 2.24) is 16.0 Å². The van der Waals surface area contributed by atoms with Crippen molar-refractivity contribution in [1.29, 1.82) is 0 Å². The van der Waals surface area contributed by atoms with Gasteiger partial charge in [-0.15, -0.1) is 0 Å². The van der Waals surface area contributed by atoms with Gasteiger partial charge in [0, 0.05) is 32.4 Å². The Balaban J connectivity index is 2.58. The molecule has 0 aliphatic rings. The Labute approximate surface area is 238 Å². The molecular weight excluding hydrogens is 486 g/mol. The molecule has 6 heteroatoms. The molecule has 0 heterocycles. The molecule has 6 nitrogen and oxygen atoms in total. The first-order valence-electron chi connectivity index (χ1n) is 14.6. The van der Waals surface area contributed by atoms with Crippen LogP contribution in [0.25, 0.3) is 0 Å². The van der Waals surface area contributed by atoms with Crippen molar-refractivity contribution in [2.45, 2.75) is 120 Å². The largest absolute Gasteiger partial charge is 0.356 e. The third-order valence-electron chi connectivity index (χ3n) is 7.02. The van der Waals surface area contributed by atoms with Crippen LogP contribution in [0, 0.1) is 21.7 Å². The molecule has 0 saturated carbocycles. The Morgan fingerprint density at radius 2 is 1.10 bits per heavy atom. The number of nitrogens with one attached hydrogen (secondary N) is 3. The van der Waals surface area contributed by atoms with Gasteiger partial charge in [-0.05, 0) is 52.9 Å². The summed E-state index contributed by atoms with van der Waals surface area (Å²) in [6.45, 7) is 22.6. The average Bonchev–Trinajstić information content (AvgIpc) is 2.75. The molecule has 0 aliphatic heterocycles. The highest BCUT2D eigenvalue weighted by atomic mass is 16.2. The number of amides is 3. The summed E-state index contributed by atoms with van der Waals surface area (Å²) in [5, 5.41) is 9.14. The van der Waals surface area contributed by atoms with E-state index in [0.29, 0.717) is 32.4 Å². The van der Waals surface area contributed by atoms with Gasteiger partial charge >= 0.3 is 0 Å². The summed E-state index contributed by atoms with van der Waals surface area (Å²) < 4.78 is 0. The van der Waals surface area contributed by atoms with Crippen molar-refractivity contribution >= 4 is 17.7 Å². The first kappa shape index (κ1) is 34.7. The van der Waals surface area contributed by atoms with E-state index in [0.717, 1.165) is 31.2 Å².